The van der Waals surface area contributed by atoms with E-state index in [1.54, 1.807) is 0 Å². The number of rotatable bonds is 6. The van der Waals surface area contributed by atoms with E-state index >= 15 is 0 Å². The van der Waals surface area contributed by atoms with E-state index < -0.39 is 9.04 Å². The highest BCUT2D eigenvalue weighted by molar-refractivity contribution is 6.48. The topological polar surface area (TPSA) is 21.3 Å². The fourth-order valence-corrected chi connectivity index (χ4v) is 3.19. The Kier molecular flexibility index (Phi) is 8.05. The Balaban J connectivity index is 2.78. The van der Waals surface area contributed by atoms with Crippen LogP contribution < -0.4 is 5.32 Å². The van der Waals surface area contributed by atoms with E-state index in [0.717, 1.165) is 6.54 Å². The molecule has 1 N–H and O–H groups in total. The van der Waals surface area contributed by atoms with Crippen molar-refractivity contribution in [2.45, 2.75) is 66.4 Å². The van der Waals surface area contributed by atoms with Gasteiger partial charge in [-0.2, -0.15) is 0 Å². The van der Waals surface area contributed by atoms with Crippen LogP contribution in [0.4, 0.5) is 0 Å². The summed E-state index contributed by atoms with van der Waals surface area (Å²) in [5.74, 6) is 7.31. The third-order valence-electron chi connectivity index (χ3n) is 3.60. The van der Waals surface area contributed by atoms with Crippen molar-refractivity contribution in [1.29, 1.82) is 0 Å². The van der Waals surface area contributed by atoms with Gasteiger partial charge in [-0.05, 0) is 30.0 Å². The molecule has 0 aliphatic heterocycles. The van der Waals surface area contributed by atoms with Crippen molar-refractivity contribution in [3.05, 3.63) is 35.9 Å². The van der Waals surface area contributed by atoms with Crippen LogP contribution in [0.1, 0.15) is 40.2 Å². The lowest BCUT2D eigenvalue weighted by Crippen LogP contribution is -2.35. The van der Waals surface area contributed by atoms with Crippen molar-refractivity contribution in [2.75, 3.05) is 0 Å². The summed E-state index contributed by atoms with van der Waals surface area (Å²) in [7, 11) is -1.10. The molecule has 2 unspecified atom stereocenters. The quantitative estimate of drug-likeness (QED) is 0.622. The second-order valence-electron chi connectivity index (χ2n) is 7.81. The maximum atomic E-state index is 6.15. The summed E-state index contributed by atoms with van der Waals surface area (Å²) in [6, 6.07) is 10.7. The van der Waals surface area contributed by atoms with Gasteiger partial charge in [0.05, 0.1) is 6.04 Å². The van der Waals surface area contributed by atoms with Crippen molar-refractivity contribution in [3.63, 3.8) is 0 Å². The maximum absolute atomic E-state index is 6.15. The summed E-state index contributed by atoms with van der Waals surface area (Å²) >= 11 is 0. The highest BCUT2D eigenvalue weighted by atomic mass is 28.3. The minimum atomic E-state index is -1.10. The number of nitrogens with one attached hydrogen (secondary N) is 1. The Morgan fingerprint density at radius 1 is 1.09 bits per heavy atom. The van der Waals surface area contributed by atoms with E-state index in [0.29, 0.717) is 5.92 Å². The summed E-state index contributed by atoms with van der Waals surface area (Å²) in [6.45, 7) is 16.3. The molecule has 0 heterocycles. The first-order chi connectivity index (χ1) is 10.7. The molecule has 0 amide bonds. The Labute approximate surface area is 144 Å². The molecule has 0 bridgehead atoms. The van der Waals surface area contributed by atoms with E-state index in [4.69, 9.17) is 4.43 Å². The van der Waals surface area contributed by atoms with E-state index in [1.807, 2.05) is 6.07 Å². The average molecular weight is 332 g/mol. The van der Waals surface area contributed by atoms with Gasteiger partial charge in [-0.15, -0.1) is 0 Å². The predicted molar refractivity (Wildman–Crippen MR) is 103 cm³/mol. The van der Waals surface area contributed by atoms with Crippen LogP contribution in [0.5, 0.6) is 0 Å². The molecule has 2 atom stereocenters. The minimum Gasteiger partial charge on any atom is -0.406 e. The van der Waals surface area contributed by atoms with Crippen LogP contribution in [0.2, 0.25) is 13.1 Å². The fourth-order valence-electron chi connectivity index (χ4n) is 2.17. The van der Waals surface area contributed by atoms with Gasteiger partial charge in [0, 0.05) is 6.54 Å². The van der Waals surface area contributed by atoms with Crippen molar-refractivity contribution in [1.82, 2.24) is 5.32 Å². The van der Waals surface area contributed by atoms with E-state index in [2.05, 4.69) is 89.1 Å². The first-order valence-corrected chi connectivity index (χ1v) is 11.4. The zero-order valence-corrected chi connectivity index (χ0v) is 17.0. The van der Waals surface area contributed by atoms with Crippen molar-refractivity contribution in [3.8, 4) is 11.8 Å². The molecule has 0 aliphatic carbocycles. The molecule has 1 aromatic carbocycles. The molecule has 2 nitrogen and oxygen atoms in total. The lowest BCUT2D eigenvalue weighted by molar-refractivity contribution is 0.137. The Bertz CT molecular complexity index is 508. The molecule has 128 valence electrons. The summed E-state index contributed by atoms with van der Waals surface area (Å²) < 4.78 is 6.15. The second-order valence-corrected chi connectivity index (χ2v) is 10.2. The maximum Gasteiger partial charge on any atom is 0.172 e. The molecule has 0 fully saturated rings. The smallest absolute Gasteiger partial charge is 0.172 e. The number of benzene rings is 1. The van der Waals surface area contributed by atoms with Crippen LogP contribution >= 0.6 is 0 Å². The molecule has 0 saturated heterocycles. The van der Waals surface area contributed by atoms with E-state index in [-0.39, 0.29) is 17.6 Å². The molecule has 1 rings (SSSR count). The fraction of sp³-hybridized carbons (Fsp3) is 0.600. The van der Waals surface area contributed by atoms with E-state index in [1.165, 1.54) is 5.56 Å². The predicted octanol–water partition coefficient (Wildman–Crippen LogP) is 4.22. The molecule has 0 radical (unpaired) electrons. The zero-order valence-electron chi connectivity index (χ0n) is 15.8. The van der Waals surface area contributed by atoms with Gasteiger partial charge in [0.15, 0.2) is 9.04 Å². The van der Waals surface area contributed by atoms with Gasteiger partial charge >= 0.3 is 0 Å². The van der Waals surface area contributed by atoms with Gasteiger partial charge < -0.3 is 4.43 Å². The minimum absolute atomic E-state index is 0.00828. The third kappa shape index (κ3) is 7.83. The number of hydrogen-bond acceptors (Lipinski definition) is 2. The summed E-state index contributed by atoms with van der Waals surface area (Å²) in [5, 5.41) is 3.58. The van der Waals surface area contributed by atoms with Gasteiger partial charge in [0.1, 0.15) is 6.10 Å². The average Bonchev–Trinajstić information content (AvgIpc) is 2.45. The van der Waals surface area contributed by atoms with Crippen molar-refractivity contribution in [2.24, 2.45) is 11.3 Å². The zero-order chi connectivity index (χ0) is 17.5. The number of hydrogen-bond donors (Lipinski definition) is 1. The van der Waals surface area contributed by atoms with Gasteiger partial charge in [-0.1, -0.05) is 76.8 Å². The van der Waals surface area contributed by atoms with Crippen LogP contribution in [0, 0.1) is 23.2 Å². The Hall–Kier alpha value is -1.08. The molecular weight excluding hydrogens is 298 g/mol. The summed E-state index contributed by atoms with van der Waals surface area (Å²) in [5.41, 5.74) is 1.34. The molecule has 1 aromatic rings. The summed E-state index contributed by atoms with van der Waals surface area (Å²) in [4.78, 5) is 0. The highest BCUT2D eigenvalue weighted by Gasteiger charge is 2.24. The Morgan fingerprint density at radius 2 is 1.70 bits per heavy atom. The molecule has 0 aliphatic rings. The molecule has 0 spiro atoms. The van der Waals surface area contributed by atoms with Crippen LogP contribution in [0.3, 0.4) is 0 Å². The lowest BCUT2D eigenvalue weighted by atomic mass is 9.89. The molecule has 23 heavy (non-hydrogen) atoms. The first-order valence-electron chi connectivity index (χ1n) is 8.64. The SMILES string of the molecule is CC(C)C(C#CC(O[SiH](C)C)C(C)(C)C)NCc1ccccc1. The van der Waals surface area contributed by atoms with Gasteiger partial charge in [0.25, 0.3) is 0 Å². The van der Waals surface area contributed by atoms with Crippen LogP contribution in [-0.2, 0) is 11.0 Å². The molecular formula is C20H33NOSi. The van der Waals surface area contributed by atoms with E-state index in [9.17, 15) is 0 Å². The molecule has 3 heteroatoms. The highest BCUT2D eigenvalue weighted by Crippen LogP contribution is 2.22. The standard InChI is InChI=1S/C20H33NOSi/c1-16(2)18(21-15-17-11-9-8-10-12-17)13-14-19(20(3,4)5)22-23(6)7/h8-12,16,18-19,21,23H,15H2,1-7H3. The van der Waals surface area contributed by atoms with Crippen LogP contribution in [0.25, 0.3) is 0 Å². The van der Waals surface area contributed by atoms with Gasteiger partial charge in [-0.25, -0.2) is 0 Å². The first kappa shape index (κ1) is 20.0. The third-order valence-corrected chi connectivity index (χ3v) is 4.42. The normalized spacial score (nSPS) is 14.5. The largest absolute Gasteiger partial charge is 0.406 e. The van der Waals surface area contributed by atoms with Crippen LogP contribution in [-0.4, -0.2) is 21.2 Å². The summed E-state index contributed by atoms with van der Waals surface area (Å²) in [6.07, 6.45) is 0.00828. The monoisotopic (exact) mass is 331 g/mol. The van der Waals surface area contributed by atoms with Crippen LogP contribution in [0.15, 0.2) is 30.3 Å². The van der Waals surface area contributed by atoms with Crippen molar-refractivity contribution < 1.29 is 4.43 Å². The lowest BCUT2D eigenvalue weighted by Gasteiger charge is -2.28. The van der Waals surface area contributed by atoms with Gasteiger partial charge in [-0.3, -0.25) is 5.32 Å². The molecule has 0 aromatic heterocycles. The van der Waals surface area contributed by atoms with Gasteiger partial charge in [0.2, 0.25) is 0 Å². The molecule has 0 saturated carbocycles. The Morgan fingerprint density at radius 3 is 2.17 bits per heavy atom. The van der Waals surface area contributed by atoms with Crippen molar-refractivity contribution >= 4 is 9.04 Å². The second kappa shape index (κ2) is 9.27.